The average molecular weight is 401 g/mol. The zero-order valence-electron chi connectivity index (χ0n) is 14.3. The third kappa shape index (κ3) is 5.16. The number of carbonyl (C=O) groups excluding carboxylic acids is 2. The highest BCUT2D eigenvalue weighted by Gasteiger charge is 2.20. The molecule has 0 saturated carbocycles. The lowest BCUT2D eigenvalue weighted by molar-refractivity contribution is 0.0817. The van der Waals surface area contributed by atoms with Crippen molar-refractivity contribution in [2.45, 2.75) is 5.03 Å². The standard InChI is InChI=1S/C14H12N2O2.C3H3N3O3S/c15-11-8-4-7-10(12(11)16)14(18)13(17)9-5-2-1-3-6-9;7-10(8,9)3-1-2-4-6-5-3/h1-8H,15-16H2;1-2H,(H,7,8,9). The highest BCUT2D eigenvalue weighted by Crippen LogP contribution is 2.21. The van der Waals surface area contributed by atoms with Crippen molar-refractivity contribution in [3.8, 4) is 0 Å². The molecule has 0 radical (unpaired) electrons. The monoisotopic (exact) mass is 401 g/mol. The summed E-state index contributed by atoms with van der Waals surface area (Å²) < 4.78 is 28.8. The van der Waals surface area contributed by atoms with Crippen LogP contribution in [0.3, 0.4) is 0 Å². The lowest BCUT2D eigenvalue weighted by Crippen LogP contribution is -2.16. The molecule has 0 bridgehead atoms. The molecule has 0 saturated heterocycles. The van der Waals surface area contributed by atoms with Gasteiger partial charge in [0.05, 0.1) is 23.1 Å². The number of rotatable bonds is 4. The van der Waals surface area contributed by atoms with Gasteiger partial charge >= 0.3 is 10.1 Å². The Labute approximate surface area is 160 Å². The lowest BCUT2D eigenvalue weighted by atomic mass is 10.00. The van der Waals surface area contributed by atoms with Gasteiger partial charge in [-0.15, -0.1) is 10.2 Å². The van der Waals surface area contributed by atoms with Gasteiger partial charge < -0.3 is 11.5 Å². The van der Waals surface area contributed by atoms with E-state index in [-0.39, 0.29) is 11.3 Å². The Hall–Kier alpha value is -3.70. The Bertz CT molecular complexity index is 1090. The molecule has 1 aromatic heterocycles. The van der Waals surface area contributed by atoms with Crippen LogP contribution >= 0.6 is 0 Å². The molecule has 28 heavy (non-hydrogen) atoms. The van der Waals surface area contributed by atoms with Gasteiger partial charge in [0.15, 0.2) is 0 Å². The van der Waals surface area contributed by atoms with Crippen LogP contribution < -0.4 is 11.5 Å². The molecular weight excluding hydrogens is 386 g/mol. The number of anilines is 2. The first-order valence-corrected chi connectivity index (χ1v) is 9.05. The Kier molecular flexibility index (Phi) is 6.47. The normalized spacial score (nSPS) is 10.5. The quantitative estimate of drug-likeness (QED) is 0.247. The van der Waals surface area contributed by atoms with Crippen LogP contribution in [-0.2, 0) is 10.1 Å². The molecule has 0 atom stereocenters. The van der Waals surface area contributed by atoms with E-state index < -0.39 is 26.7 Å². The van der Waals surface area contributed by atoms with Gasteiger partial charge in [-0.1, -0.05) is 36.4 Å². The summed E-state index contributed by atoms with van der Waals surface area (Å²) in [4.78, 5) is 24.0. The summed E-state index contributed by atoms with van der Waals surface area (Å²) in [5.41, 5.74) is 12.2. The molecule has 0 aliphatic heterocycles. The molecule has 10 nitrogen and oxygen atoms in total. The number of hydrogen-bond acceptors (Lipinski definition) is 9. The minimum Gasteiger partial charge on any atom is -0.397 e. The second kappa shape index (κ2) is 8.79. The predicted molar refractivity (Wildman–Crippen MR) is 100 cm³/mol. The summed E-state index contributed by atoms with van der Waals surface area (Å²) in [6, 6.07) is 14.1. The Balaban J connectivity index is 0.000000237. The van der Waals surface area contributed by atoms with E-state index in [4.69, 9.17) is 16.0 Å². The number of benzene rings is 2. The van der Waals surface area contributed by atoms with E-state index in [0.717, 1.165) is 12.3 Å². The Morgan fingerprint density at radius 2 is 1.57 bits per heavy atom. The third-order valence-corrected chi connectivity index (χ3v) is 4.12. The first-order chi connectivity index (χ1) is 13.2. The molecule has 0 aliphatic rings. The number of nitrogens with two attached hydrogens (primary N) is 2. The topological polar surface area (TPSA) is 179 Å². The van der Waals surface area contributed by atoms with Crippen molar-refractivity contribution in [2.75, 3.05) is 11.5 Å². The first-order valence-electron chi connectivity index (χ1n) is 7.61. The summed E-state index contributed by atoms with van der Waals surface area (Å²) in [5, 5.41) is 8.79. The highest BCUT2D eigenvalue weighted by atomic mass is 32.2. The SMILES string of the molecule is Nc1cccc(C(=O)C(=O)c2ccccc2)c1N.O=S(=O)(O)c1ccnnn1. The number of aromatic nitrogens is 3. The fourth-order valence-electron chi connectivity index (χ4n) is 1.99. The summed E-state index contributed by atoms with van der Waals surface area (Å²) >= 11 is 0. The van der Waals surface area contributed by atoms with Crippen molar-refractivity contribution in [2.24, 2.45) is 0 Å². The minimum absolute atomic E-state index is 0.142. The summed E-state index contributed by atoms with van der Waals surface area (Å²) in [5.74, 6) is -1.24. The van der Waals surface area contributed by atoms with Crippen molar-refractivity contribution in [3.05, 3.63) is 71.9 Å². The molecule has 11 heteroatoms. The second-order valence-electron chi connectivity index (χ2n) is 5.27. The Morgan fingerprint density at radius 3 is 2.11 bits per heavy atom. The zero-order valence-corrected chi connectivity index (χ0v) is 15.1. The van der Waals surface area contributed by atoms with Crippen LogP contribution in [0.25, 0.3) is 0 Å². The molecule has 0 fully saturated rings. The molecule has 1 heterocycles. The van der Waals surface area contributed by atoms with Gasteiger partial charge in [0.1, 0.15) is 0 Å². The van der Waals surface area contributed by atoms with Gasteiger partial charge in [-0.3, -0.25) is 14.1 Å². The third-order valence-electron chi connectivity index (χ3n) is 3.37. The van der Waals surface area contributed by atoms with Gasteiger partial charge in [0.25, 0.3) is 0 Å². The molecular formula is C17H15N5O5S. The van der Waals surface area contributed by atoms with Gasteiger partial charge in [0, 0.05) is 11.6 Å². The zero-order chi connectivity index (χ0) is 20.7. The molecule has 2 aromatic carbocycles. The van der Waals surface area contributed by atoms with Crippen molar-refractivity contribution in [3.63, 3.8) is 0 Å². The van der Waals surface area contributed by atoms with Gasteiger partial charge in [-0.25, -0.2) is 0 Å². The predicted octanol–water partition coefficient (Wildman–Crippen LogP) is 1.03. The molecule has 0 spiro atoms. The van der Waals surface area contributed by atoms with E-state index in [1.807, 2.05) is 0 Å². The molecule has 0 amide bonds. The van der Waals surface area contributed by atoms with Crippen LogP contribution in [0.4, 0.5) is 11.4 Å². The lowest BCUT2D eigenvalue weighted by Gasteiger charge is -2.06. The second-order valence-corrected chi connectivity index (χ2v) is 6.64. The largest absolute Gasteiger partial charge is 0.397 e. The number of ketones is 2. The fourth-order valence-corrected chi connectivity index (χ4v) is 2.36. The summed E-state index contributed by atoms with van der Waals surface area (Å²) in [6.07, 6.45) is 1.12. The summed E-state index contributed by atoms with van der Waals surface area (Å²) in [6.45, 7) is 0. The van der Waals surface area contributed by atoms with E-state index in [1.165, 1.54) is 6.07 Å². The maximum Gasteiger partial charge on any atom is 0.314 e. The number of carbonyl (C=O) groups is 2. The number of Topliss-reactive ketones (excluding diaryl/α,β-unsaturated/α-hetero) is 2. The molecule has 5 N–H and O–H groups in total. The van der Waals surface area contributed by atoms with Crippen molar-refractivity contribution < 1.29 is 22.6 Å². The van der Waals surface area contributed by atoms with E-state index in [0.29, 0.717) is 11.3 Å². The average Bonchev–Trinajstić information content (AvgIpc) is 2.70. The first kappa shape index (κ1) is 20.6. The molecule has 3 aromatic rings. The number of nitrogen functional groups attached to an aromatic ring is 2. The van der Waals surface area contributed by atoms with Gasteiger partial charge in [-0.05, 0) is 17.3 Å². The molecule has 0 unspecified atom stereocenters. The minimum atomic E-state index is -4.22. The van der Waals surface area contributed by atoms with Crippen LogP contribution in [0.1, 0.15) is 20.7 Å². The highest BCUT2D eigenvalue weighted by molar-refractivity contribution is 7.85. The van der Waals surface area contributed by atoms with Crippen LogP contribution in [-0.4, -0.2) is 39.9 Å². The van der Waals surface area contributed by atoms with Crippen molar-refractivity contribution >= 4 is 33.1 Å². The molecule has 3 rings (SSSR count). The smallest absolute Gasteiger partial charge is 0.314 e. The van der Waals surface area contributed by atoms with Crippen molar-refractivity contribution in [1.29, 1.82) is 0 Å². The number of hydrogen-bond donors (Lipinski definition) is 3. The molecule has 0 aliphatic carbocycles. The van der Waals surface area contributed by atoms with E-state index in [1.54, 1.807) is 42.5 Å². The maximum atomic E-state index is 12.0. The summed E-state index contributed by atoms with van der Waals surface area (Å²) in [7, 11) is -4.22. The van der Waals surface area contributed by atoms with Crippen LogP contribution in [0.15, 0.2) is 65.8 Å². The number of para-hydroxylation sites is 1. The van der Waals surface area contributed by atoms with E-state index in [9.17, 15) is 18.0 Å². The maximum absolute atomic E-state index is 12.0. The Morgan fingerprint density at radius 1 is 0.893 bits per heavy atom. The van der Waals surface area contributed by atoms with E-state index >= 15 is 0 Å². The van der Waals surface area contributed by atoms with Crippen LogP contribution in [0.2, 0.25) is 0 Å². The van der Waals surface area contributed by atoms with Gasteiger partial charge in [0.2, 0.25) is 16.6 Å². The van der Waals surface area contributed by atoms with Gasteiger partial charge in [-0.2, -0.15) is 8.42 Å². The van der Waals surface area contributed by atoms with Crippen molar-refractivity contribution in [1.82, 2.24) is 15.4 Å². The van der Waals surface area contributed by atoms with Crippen LogP contribution in [0, 0.1) is 0 Å². The number of nitrogens with zero attached hydrogens (tertiary/aromatic N) is 3. The van der Waals surface area contributed by atoms with Crippen LogP contribution in [0.5, 0.6) is 0 Å². The van der Waals surface area contributed by atoms with E-state index in [2.05, 4.69) is 15.4 Å². The fraction of sp³-hybridized carbons (Fsp3) is 0. The molecule has 144 valence electrons.